The highest BCUT2D eigenvalue weighted by molar-refractivity contribution is 8.05. The van der Waals surface area contributed by atoms with E-state index in [0.717, 1.165) is 6.92 Å². The lowest BCUT2D eigenvalue weighted by atomic mass is 10.2. The van der Waals surface area contributed by atoms with Gasteiger partial charge >= 0.3 is 36.4 Å². The number of aliphatic carboxylic acids is 1. The first-order chi connectivity index (χ1) is 8.78. The lowest BCUT2D eigenvalue weighted by Gasteiger charge is -2.25. The normalized spacial score (nSPS) is 12.8. The smallest absolute Gasteiger partial charge is 0.360 e. The van der Waals surface area contributed by atoms with Crippen LogP contribution in [-0.2, 0) is 34.6 Å². The molecule has 0 saturated carbocycles. The summed E-state index contributed by atoms with van der Waals surface area (Å²) in [4.78, 5) is 21.7. The molecule has 0 radical (unpaired) electrons. The lowest BCUT2D eigenvalue weighted by molar-refractivity contribution is -0.146. The molecule has 3 N–H and O–H groups in total. The number of hydrogen-bond donors (Lipinski definition) is 3. The fraction of sp³-hybridized carbons (Fsp3) is 0.500. The van der Waals surface area contributed by atoms with Gasteiger partial charge in [0, 0.05) is 12.0 Å². The second-order valence-electron chi connectivity index (χ2n) is 3.55. The minimum atomic E-state index is -5.56. The van der Waals surface area contributed by atoms with Crippen LogP contribution in [0.25, 0.3) is 0 Å². The number of hydrogen-bond acceptors (Lipinski definition) is 7. The van der Waals surface area contributed by atoms with Crippen molar-refractivity contribution in [2.75, 3.05) is 0 Å². The van der Waals surface area contributed by atoms with Crippen molar-refractivity contribution in [1.29, 1.82) is 0 Å². The van der Waals surface area contributed by atoms with E-state index in [9.17, 15) is 26.4 Å². The van der Waals surface area contributed by atoms with E-state index < -0.39 is 54.9 Å². The third-order valence-electron chi connectivity index (χ3n) is 2.12. The summed E-state index contributed by atoms with van der Waals surface area (Å²) in [5.74, 6) is -3.21. The van der Waals surface area contributed by atoms with Crippen LogP contribution in [0.4, 0.5) is 0 Å². The van der Waals surface area contributed by atoms with Gasteiger partial charge in [0.05, 0.1) is 6.42 Å². The molecule has 0 heterocycles. The molecular weight excluding hydrogens is 320 g/mol. The van der Waals surface area contributed by atoms with Gasteiger partial charge in [0.25, 0.3) is 0 Å². The zero-order valence-electron chi connectivity index (χ0n) is 10.1. The highest BCUT2D eigenvalue weighted by Crippen LogP contribution is 2.30. The standard InChI is InChI=1S/C8H12O10S2/c1-3-8(19(12,13)14,20(15,16)17)18-7(11)5(2)4-6(9)10/h2-4H2,1H3,(H,9,10)(H,12,13,14)(H,15,16,17). The summed E-state index contributed by atoms with van der Waals surface area (Å²) in [5.41, 5.74) is -0.775. The molecule has 0 bridgehead atoms. The Balaban J connectivity index is 5.71. The van der Waals surface area contributed by atoms with Crippen LogP contribution in [0.2, 0.25) is 0 Å². The average Bonchev–Trinajstić information content (AvgIpc) is 2.20. The fourth-order valence-corrected chi connectivity index (χ4v) is 3.30. The predicted molar refractivity (Wildman–Crippen MR) is 63.6 cm³/mol. The molecule has 0 aliphatic rings. The zero-order chi connectivity index (χ0) is 16.4. The lowest BCUT2D eigenvalue weighted by Crippen LogP contribution is -2.49. The minimum Gasteiger partial charge on any atom is -0.481 e. The molecule has 0 unspecified atom stereocenters. The van der Waals surface area contributed by atoms with Crippen LogP contribution >= 0.6 is 0 Å². The molecule has 0 atom stereocenters. The quantitative estimate of drug-likeness (QED) is 0.310. The molecule has 0 aliphatic carbocycles. The Labute approximate surface area is 114 Å². The Morgan fingerprint density at radius 1 is 1.15 bits per heavy atom. The molecule has 116 valence electrons. The number of esters is 1. The van der Waals surface area contributed by atoms with Crippen LogP contribution in [0, 0.1) is 0 Å². The first kappa shape index (κ1) is 18.5. The van der Waals surface area contributed by atoms with Crippen molar-refractivity contribution in [2.45, 2.75) is 24.0 Å². The topological polar surface area (TPSA) is 172 Å². The maximum atomic E-state index is 11.4. The van der Waals surface area contributed by atoms with Crippen molar-refractivity contribution in [3.05, 3.63) is 12.2 Å². The summed E-state index contributed by atoms with van der Waals surface area (Å²) >= 11 is 0. The largest absolute Gasteiger partial charge is 0.481 e. The van der Waals surface area contributed by atoms with Crippen molar-refractivity contribution in [3.8, 4) is 0 Å². The first-order valence-corrected chi connectivity index (χ1v) is 7.73. The van der Waals surface area contributed by atoms with Gasteiger partial charge < -0.3 is 9.84 Å². The summed E-state index contributed by atoms with van der Waals surface area (Å²) in [6, 6.07) is 0. The molecular formula is C8H12O10S2. The summed E-state index contributed by atoms with van der Waals surface area (Å²) in [6.45, 7) is 3.87. The van der Waals surface area contributed by atoms with E-state index in [1.807, 2.05) is 0 Å². The summed E-state index contributed by atoms with van der Waals surface area (Å²) in [6.07, 6.45) is -1.98. The average molecular weight is 332 g/mol. The van der Waals surface area contributed by atoms with E-state index in [2.05, 4.69) is 11.3 Å². The van der Waals surface area contributed by atoms with Gasteiger partial charge in [-0.25, -0.2) is 4.79 Å². The number of carboxylic acids is 1. The maximum Gasteiger partial charge on any atom is 0.360 e. The van der Waals surface area contributed by atoms with Crippen molar-refractivity contribution in [2.24, 2.45) is 0 Å². The van der Waals surface area contributed by atoms with Crippen molar-refractivity contribution in [3.63, 3.8) is 0 Å². The Kier molecular flexibility index (Phi) is 5.43. The number of carbonyl (C=O) groups excluding carboxylic acids is 1. The van der Waals surface area contributed by atoms with Crippen LogP contribution < -0.4 is 0 Å². The molecule has 0 saturated heterocycles. The molecule has 0 fully saturated rings. The second-order valence-corrected chi connectivity index (χ2v) is 7.03. The Hall–Kier alpha value is -1.50. The van der Waals surface area contributed by atoms with Gasteiger partial charge in [-0.15, -0.1) is 0 Å². The molecule has 0 amide bonds. The molecule has 0 aromatic carbocycles. The minimum absolute atomic E-state index is 0.775. The molecule has 0 aliphatic heterocycles. The van der Waals surface area contributed by atoms with E-state index in [-0.39, 0.29) is 0 Å². The second kappa shape index (κ2) is 5.87. The van der Waals surface area contributed by atoms with Crippen molar-refractivity contribution in [1.82, 2.24) is 0 Å². The van der Waals surface area contributed by atoms with E-state index in [0.29, 0.717) is 0 Å². The monoisotopic (exact) mass is 332 g/mol. The molecule has 20 heavy (non-hydrogen) atoms. The molecule has 0 aromatic heterocycles. The Morgan fingerprint density at radius 3 is 1.80 bits per heavy atom. The number of carbonyl (C=O) groups is 2. The highest BCUT2D eigenvalue weighted by Gasteiger charge is 2.57. The third-order valence-corrected chi connectivity index (χ3v) is 5.70. The third kappa shape index (κ3) is 3.75. The Morgan fingerprint density at radius 2 is 1.55 bits per heavy atom. The van der Waals surface area contributed by atoms with E-state index in [4.69, 9.17) is 14.2 Å². The highest BCUT2D eigenvalue weighted by atomic mass is 32.3. The Bertz CT molecular complexity index is 594. The summed E-state index contributed by atoms with van der Waals surface area (Å²) in [7, 11) is -11.1. The number of rotatable bonds is 7. The van der Waals surface area contributed by atoms with Gasteiger partial charge in [0.15, 0.2) is 0 Å². The van der Waals surface area contributed by atoms with Crippen LogP contribution in [0.1, 0.15) is 19.8 Å². The van der Waals surface area contributed by atoms with Crippen molar-refractivity contribution >= 4 is 32.2 Å². The molecule has 0 rings (SSSR count). The van der Waals surface area contributed by atoms with Crippen LogP contribution in [0.15, 0.2) is 12.2 Å². The van der Waals surface area contributed by atoms with Crippen LogP contribution in [0.5, 0.6) is 0 Å². The van der Waals surface area contributed by atoms with Crippen molar-refractivity contribution < 1.29 is 45.4 Å². The number of carboxylic acid groups (broad SMARTS) is 1. The maximum absolute atomic E-state index is 11.4. The predicted octanol–water partition coefficient (Wildman–Crippen LogP) is -0.600. The summed E-state index contributed by atoms with van der Waals surface area (Å²) in [5, 5.41) is 8.40. The van der Waals surface area contributed by atoms with Gasteiger partial charge in [0.2, 0.25) is 0 Å². The molecule has 12 heteroatoms. The SMILES string of the molecule is C=C(CC(=O)O)C(=O)OC(CC)(S(=O)(=O)O)S(=O)(=O)O. The fourth-order valence-electron chi connectivity index (χ4n) is 1.14. The van der Waals surface area contributed by atoms with Gasteiger partial charge in [0.1, 0.15) is 0 Å². The van der Waals surface area contributed by atoms with E-state index in [1.165, 1.54) is 0 Å². The number of ether oxygens (including phenoxy) is 1. The molecule has 0 aromatic rings. The van der Waals surface area contributed by atoms with E-state index in [1.54, 1.807) is 0 Å². The van der Waals surface area contributed by atoms with Gasteiger partial charge in [-0.05, 0) is 0 Å². The molecule has 0 spiro atoms. The van der Waals surface area contributed by atoms with Gasteiger partial charge in [-0.2, -0.15) is 16.8 Å². The van der Waals surface area contributed by atoms with E-state index >= 15 is 0 Å². The zero-order valence-corrected chi connectivity index (χ0v) is 11.8. The van der Waals surface area contributed by atoms with Crippen LogP contribution in [-0.4, -0.2) is 47.3 Å². The van der Waals surface area contributed by atoms with Gasteiger partial charge in [-0.1, -0.05) is 13.5 Å². The first-order valence-electron chi connectivity index (χ1n) is 4.85. The summed E-state index contributed by atoms with van der Waals surface area (Å²) < 4.78 is 62.7. The van der Waals surface area contributed by atoms with Gasteiger partial charge in [-0.3, -0.25) is 13.9 Å². The van der Waals surface area contributed by atoms with Crippen LogP contribution in [0.3, 0.4) is 0 Å². The molecule has 10 nitrogen and oxygen atoms in total.